The van der Waals surface area contributed by atoms with E-state index in [0.29, 0.717) is 61.6 Å². The van der Waals surface area contributed by atoms with E-state index in [2.05, 4.69) is 83.1 Å². The summed E-state index contributed by atoms with van der Waals surface area (Å²) in [4.78, 5) is 26.6. The Morgan fingerprint density at radius 1 is 0.658 bits per heavy atom. The van der Waals surface area contributed by atoms with Gasteiger partial charge in [-0.15, -0.1) is 0 Å². The molecule has 6 unspecified atom stereocenters. The van der Waals surface area contributed by atoms with Crippen molar-refractivity contribution in [3.63, 3.8) is 0 Å². The molecule has 0 N–H and O–H groups in total. The second-order valence-corrected chi connectivity index (χ2v) is 15.7. The maximum absolute atomic E-state index is 13.3. The number of hydrogen-bond acceptors (Lipinski definition) is 4. The van der Waals surface area contributed by atoms with Gasteiger partial charge in [0.25, 0.3) is 0 Å². The zero-order valence-electron chi connectivity index (χ0n) is 27.1. The Bertz CT molecular complexity index is 675. The van der Waals surface area contributed by atoms with E-state index in [-0.39, 0.29) is 22.8 Å². The van der Waals surface area contributed by atoms with Gasteiger partial charge in [-0.25, -0.2) is 0 Å². The van der Waals surface area contributed by atoms with Crippen LogP contribution in [0.1, 0.15) is 122 Å². The molecule has 0 fully saturated rings. The van der Waals surface area contributed by atoms with Gasteiger partial charge in [0.05, 0.1) is 25.0 Å². The lowest BCUT2D eigenvalue weighted by molar-refractivity contribution is -0.163. The summed E-state index contributed by atoms with van der Waals surface area (Å²) in [5.74, 6) is 1.26. The van der Waals surface area contributed by atoms with Crippen molar-refractivity contribution < 1.29 is 19.1 Å². The Hall–Kier alpha value is -1.32. The van der Waals surface area contributed by atoms with E-state index in [4.69, 9.17) is 9.47 Å². The maximum atomic E-state index is 13.3. The van der Waals surface area contributed by atoms with Crippen molar-refractivity contribution in [2.75, 3.05) is 13.2 Å². The lowest BCUT2D eigenvalue weighted by Gasteiger charge is -2.32. The first-order chi connectivity index (χ1) is 17.4. The molecule has 6 atom stereocenters. The highest BCUT2D eigenvalue weighted by Gasteiger charge is 2.37. The molecular formula is C34H62O4. The van der Waals surface area contributed by atoms with Gasteiger partial charge in [-0.3, -0.25) is 9.59 Å². The van der Waals surface area contributed by atoms with Gasteiger partial charge in [0, 0.05) is 0 Å². The van der Waals surface area contributed by atoms with Gasteiger partial charge in [0.1, 0.15) is 0 Å². The summed E-state index contributed by atoms with van der Waals surface area (Å²) in [6.07, 6.45) is 9.35. The Morgan fingerprint density at radius 2 is 0.974 bits per heavy atom. The third-order valence-electron chi connectivity index (χ3n) is 7.94. The summed E-state index contributed by atoms with van der Waals surface area (Å²) >= 11 is 0. The zero-order chi connectivity index (χ0) is 29.3. The van der Waals surface area contributed by atoms with Gasteiger partial charge in [0.15, 0.2) is 0 Å². The molecule has 222 valence electrons. The van der Waals surface area contributed by atoms with E-state index in [1.54, 1.807) is 0 Å². The van der Waals surface area contributed by atoms with Gasteiger partial charge in [-0.1, -0.05) is 95.2 Å². The first-order valence-corrected chi connectivity index (χ1v) is 15.4. The maximum Gasteiger partial charge on any atom is 0.310 e. The molecule has 0 saturated heterocycles. The molecule has 4 heteroatoms. The highest BCUT2D eigenvalue weighted by atomic mass is 16.5. The summed E-state index contributed by atoms with van der Waals surface area (Å²) in [6.45, 7) is 27.9. The predicted molar refractivity (Wildman–Crippen MR) is 160 cm³/mol. The molecule has 0 bridgehead atoms. The molecule has 0 aromatic carbocycles. The fourth-order valence-corrected chi connectivity index (χ4v) is 6.33. The van der Waals surface area contributed by atoms with Gasteiger partial charge in [0.2, 0.25) is 0 Å². The number of esters is 2. The van der Waals surface area contributed by atoms with Crippen LogP contribution < -0.4 is 0 Å². The predicted octanol–water partition coefficient (Wildman–Crippen LogP) is 9.12. The van der Waals surface area contributed by atoms with Crippen LogP contribution in [0.4, 0.5) is 0 Å². The Kier molecular flexibility index (Phi) is 14.1. The van der Waals surface area contributed by atoms with E-state index in [1.807, 2.05) is 12.2 Å². The monoisotopic (exact) mass is 534 g/mol. The molecule has 4 nitrogen and oxygen atoms in total. The summed E-state index contributed by atoms with van der Waals surface area (Å²) < 4.78 is 11.9. The van der Waals surface area contributed by atoms with Crippen molar-refractivity contribution in [3.8, 4) is 0 Å². The van der Waals surface area contributed by atoms with Crippen molar-refractivity contribution >= 4 is 11.9 Å². The van der Waals surface area contributed by atoms with Crippen LogP contribution in [0.25, 0.3) is 0 Å². The first kappa shape index (κ1) is 34.7. The largest absolute Gasteiger partial charge is 0.465 e. The first-order valence-electron chi connectivity index (χ1n) is 15.4. The highest BCUT2D eigenvalue weighted by Crippen LogP contribution is 2.35. The highest BCUT2D eigenvalue weighted by molar-refractivity contribution is 5.82. The number of hydrogen-bond donors (Lipinski definition) is 0. The van der Waals surface area contributed by atoms with Crippen molar-refractivity contribution in [2.24, 2.45) is 58.2 Å². The fraction of sp³-hybridized carbons (Fsp3) is 0.882. The molecule has 0 heterocycles. The fourth-order valence-electron chi connectivity index (χ4n) is 6.33. The van der Waals surface area contributed by atoms with Gasteiger partial charge in [-0.2, -0.15) is 0 Å². The van der Waals surface area contributed by atoms with Crippen LogP contribution in [0.3, 0.4) is 0 Å². The molecule has 0 amide bonds. The second kappa shape index (κ2) is 15.5. The quantitative estimate of drug-likeness (QED) is 0.165. The third-order valence-corrected chi connectivity index (χ3v) is 7.94. The van der Waals surface area contributed by atoms with Crippen LogP contribution in [0.2, 0.25) is 0 Å². The van der Waals surface area contributed by atoms with Crippen LogP contribution in [0, 0.1) is 58.2 Å². The topological polar surface area (TPSA) is 52.6 Å². The molecule has 1 rings (SSSR count). The Labute approximate surface area is 236 Å². The molecule has 0 radical (unpaired) electrons. The van der Waals surface area contributed by atoms with E-state index in [9.17, 15) is 9.59 Å². The van der Waals surface area contributed by atoms with Gasteiger partial charge < -0.3 is 9.47 Å². The zero-order valence-corrected chi connectivity index (χ0v) is 27.1. The van der Waals surface area contributed by atoms with Crippen LogP contribution in [-0.2, 0) is 19.1 Å². The number of ether oxygens (including phenoxy) is 2. The van der Waals surface area contributed by atoms with Crippen LogP contribution in [0.5, 0.6) is 0 Å². The van der Waals surface area contributed by atoms with E-state index >= 15 is 0 Å². The minimum Gasteiger partial charge on any atom is -0.465 e. The minimum absolute atomic E-state index is 0.236. The lowest BCUT2D eigenvalue weighted by atomic mass is 9.77. The molecule has 38 heavy (non-hydrogen) atoms. The smallest absolute Gasteiger partial charge is 0.310 e. The Balaban J connectivity index is 2.85. The molecule has 0 aromatic heterocycles. The number of carbonyl (C=O) groups excluding carboxylic acids is 2. The van der Waals surface area contributed by atoms with Crippen molar-refractivity contribution in [3.05, 3.63) is 12.2 Å². The van der Waals surface area contributed by atoms with Gasteiger partial charge in [-0.05, 0) is 84.9 Å². The van der Waals surface area contributed by atoms with E-state index in [0.717, 1.165) is 25.7 Å². The average molecular weight is 535 g/mol. The lowest BCUT2D eigenvalue weighted by Crippen LogP contribution is -2.36. The normalized spacial score (nSPS) is 21.7. The van der Waals surface area contributed by atoms with Crippen LogP contribution >= 0.6 is 0 Å². The molecule has 1 aliphatic rings. The second-order valence-electron chi connectivity index (χ2n) is 15.7. The molecule has 0 spiro atoms. The van der Waals surface area contributed by atoms with Crippen molar-refractivity contribution in [1.29, 1.82) is 0 Å². The third kappa shape index (κ3) is 13.7. The SMILES string of the molecule is CC(C)CC(COC(=O)C1CC=CCC1C(=O)OCC(CC(C)C)C(C)CC(C)(C)C)C(C)CC(C)(C)C. The summed E-state index contributed by atoms with van der Waals surface area (Å²) in [5, 5.41) is 0. The molecule has 0 saturated carbocycles. The van der Waals surface area contributed by atoms with Crippen molar-refractivity contribution in [1.82, 2.24) is 0 Å². The van der Waals surface area contributed by atoms with Crippen LogP contribution in [0.15, 0.2) is 12.2 Å². The Morgan fingerprint density at radius 3 is 1.24 bits per heavy atom. The summed E-state index contributed by atoms with van der Waals surface area (Å²) in [6, 6.07) is 0. The number of carbonyl (C=O) groups is 2. The number of rotatable bonds is 14. The molecule has 1 aliphatic carbocycles. The molecule has 0 aromatic rings. The summed E-state index contributed by atoms with van der Waals surface area (Å²) in [5.41, 5.74) is 0.471. The van der Waals surface area contributed by atoms with Crippen LogP contribution in [-0.4, -0.2) is 25.2 Å². The molecular weight excluding hydrogens is 472 g/mol. The standard InChI is InChI=1S/C34H62O4/c1-23(2)17-27(25(5)19-33(7,8)9)21-37-31(35)29-15-13-14-16-30(29)32(36)38-22-28(18-24(3)4)26(6)20-34(10,11)12/h13-14,23-30H,15-22H2,1-12H3. The van der Waals surface area contributed by atoms with Crippen molar-refractivity contribution in [2.45, 2.75) is 122 Å². The summed E-state index contributed by atoms with van der Waals surface area (Å²) in [7, 11) is 0. The van der Waals surface area contributed by atoms with Gasteiger partial charge >= 0.3 is 11.9 Å². The van der Waals surface area contributed by atoms with E-state index in [1.165, 1.54) is 0 Å². The molecule has 0 aliphatic heterocycles. The number of allylic oxidation sites excluding steroid dienone is 2. The average Bonchev–Trinajstić information content (AvgIpc) is 2.76. The minimum atomic E-state index is -0.458. The van der Waals surface area contributed by atoms with E-state index < -0.39 is 11.8 Å².